The lowest BCUT2D eigenvalue weighted by Crippen LogP contribution is -2.26. The Labute approximate surface area is 142 Å². The first-order valence-electron chi connectivity index (χ1n) is 8.22. The summed E-state index contributed by atoms with van der Waals surface area (Å²) in [6, 6.07) is 23.0. The highest BCUT2D eigenvalue weighted by Gasteiger charge is 2.32. The van der Waals surface area contributed by atoms with Gasteiger partial charge in [-0.05, 0) is 28.3 Å². The Bertz CT molecular complexity index is 942. The van der Waals surface area contributed by atoms with E-state index in [1.165, 1.54) is 21.9 Å². The first kappa shape index (κ1) is 14.6. The summed E-state index contributed by atoms with van der Waals surface area (Å²) in [5.41, 5.74) is 3.03. The van der Waals surface area contributed by atoms with Gasteiger partial charge in [0.15, 0.2) is 0 Å². The van der Waals surface area contributed by atoms with Crippen LogP contribution in [0.15, 0.2) is 91.0 Å². The number of hydrogen-bond donors (Lipinski definition) is 0. The minimum Gasteiger partial charge on any atom is -0.298 e. The summed E-state index contributed by atoms with van der Waals surface area (Å²) >= 11 is 0. The van der Waals surface area contributed by atoms with Crippen molar-refractivity contribution in [1.82, 2.24) is 0 Å². The van der Waals surface area contributed by atoms with Crippen molar-refractivity contribution < 1.29 is 4.79 Å². The van der Waals surface area contributed by atoms with Gasteiger partial charge in [0.2, 0.25) is 0 Å². The van der Waals surface area contributed by atoms with E-state index in [0.29, 0.717) is 5.56 Å². The highest BCUT2D eigenvalue weighted by molar-refractivity contribution is 5.88. The molecule has 4 rings (SSSR count). The molecule has 0 saturated carbocycles. The Morgan fingerprint density at radius 3 is 2.38 bits per heavy atom. The van der Waals surface area contributed by atoms with Gasteiger partial charge in [0.25, 0.3) is 0 Å². The van der Waals surface area contributed by atoms with Crippen LogP contribution >= 0.6 is 0 Å². The molecule has 0 aromatic heterocycles. The lowest BCUT2D eigenvalue weighted by atomic mass is 9.69. The highest BCUT2D eigenvalue weighted by atomic mass is 16.1. The van der Waals surface area contributed by atoms with Gasteiger partial charge in [0, 0.05) is 11.0 Å². The second kappa shape index (κ2) is 5.93. The Morgan fingerprint density at radius 2 is 1.62 bits per heavy atom. The van der Waals surface area contributed by atoms with Crippen molar-refractivity contribution in [3.63, 3.8) is 0 Å². The summed E-state index contributed by atoms with van der Waals surface area (Å²) in [4.78, 5) is 11.0. The lowest BCUT2D eigenvalue weighted by molar-refractivity contribution is 0.112. The summed E-state index contributed by atoms with van der Waals surface area (Å²) < 4.78 is 0. The molecule has 1 atom stereocenters. The number of rotatable bonds is 3. The van der Waals surface area contributed by atoms with E-state index in [1.54, 1.807) is 0 Å². The zero-order valence-corrected chi connectivity index (χ0v) is 13.4. The molecule has 0 radical (unpaired) electrons. The number of carbonyl (C=O) groups excluding carboxylic acids is 1. The van der Waals surface area contributed by atoms with E-state index < -0.39 is 0 Å². The molecule has 1 unspecified atom stereocenters. The van der Waals surface area contributed by atoms with Crippen LogP contribution in [0.1, 0.15) is 27.9 Å². The summed E-state index contributed by atoms with van der Waals surface area (Å²) in [5.74, 6) is 0. The fraction of sp³-hybridized carbons (Fsp3) is 0.0870. The van der Waals surface area contributed by atoms with Crippen LogP contribution in [0.4, 0.5) is 0 Å². The molecule has 0 saturated heterocycles. The summed E-state index contributed by atoms with van der Waals surface area (Å²) in [6.45, 7) is 0. The van der Waals surface area contributed by atoms with Crippen LogP contribution in [0, 0.1) is 0 Å². The highest BCUT2D eigenvalue weighted by Crippen LogP contribution is 2.42. The average molecular weight is 310 g/mol. The predicted molar refractivity (Wildman–Crippen MR) is 99.5 cm³/mol. The maximum Gasteiger partial charge on any atom is 0.150 e. The third kappa shape index (κ3) is 2.30. The normalized spacial score (nSPS) is 19.5. The van der Waals surface area contributed by atoms with Gasteiger partial charge in [-0.1, -0.05) is 91.0 Å². The maximum absolute atomic E-state index is 11.0. The Hall–Kier alpha value is -2.93. The van der Waals surface area contributed by atoms with Crippen molar-refractivity contribution in [3.8, 4) is 0 Å². The van der Waals surface area contributed by atoms with E-state index in [1.807, 2.05) is 12.1 Å². The van der Waals surface area contributed by atoms with Gasteiger partial charge in [0.1, 0.15) is 6.29 Å². The average Bonchev–Trinajstić information content (AvgIpc) is 2.68. The van der Waals surface area contributed by atoms with Gasteiger partial charge in [-0.15, -0.1) is 0 Å². The second-order valence-electron chi connectivity index (χ2n) is 6.23. The van der Waals surface area contributed by atoms with Crippen molar-refractivity contribution in [2.24, 2.45) is 0 Å². The molecular formula is C23H18O. The minimum absolute atomic E-state index is 0.197. The smallest absolute Gasteiger partial charge is 0.150 e. The van der Waals surface area contributed by atoms with E-state index >= 15 is 0 Å². The standard InChI is InChI=1S/C23H18O/c24-17-18-11-13-20(14-12-18)23(15-4-1-5-16-23)22-10-6-8-19-7-2-3-9-21(19)22/h1-15,17H,16H2. The molecule has 0 aliphatic heterocycles. The van der Waals surface area contributed by atoms with Gasteiger partial charge >= 0.3 is 0 Å². The molecule has 0 fully saturated rings. The van der Waals surface area contributed by atoms with Crippen molar-refractivity contribution in [2.75, 3.05) is 0 Å². The Morgan fingerprint density at radius 1 is 0.833 bits per heavy atom. The van der Waals surface area contributed by atoms with E-state index in [2.05, 4.69) is 78.9 Å². The number of carbonyl (C=O) groups is 1. The molecule has 1 aliphatic carbocycles. The molecule has 1 aliphatic rings. The fourth-order valence-corrected chi connectivity index (χ4v) is 3.66. The van der Waals surface area contributed by atoms with Gasteiger partial charge in [-0.2, -0.15) is 0 Å². The quantitative estimate of drug-likeness (QED) is 0.587. The molecule has 3 aromatic rings. The largest absolute Gasteiger partial charge is 0.298 e. The molecule has 0 bridgehead atoms. The number of fused-ring (bicyclic) bond motifs is 1. The van der Waals surface area contributed by atoms with Crippen LogP contribution in [-0.2, 0) is 5.41 Å². The van der Waals surface area contributed by atoms with Gasteiger partial charge in [0.05, 0.1) is 0 Å². The van der Waals surface area contributed by atoms with Crippen LogP contribution in [0.2, 0.25) is 0 Å². The SMILES string of the molecule is O=Cc1ccc(C2(c3cccc4ccccc34)C=CC=CC2)cc1. The molecule has 0 N–H and O–H groups in total. The van der Waals surface area contributed by atoms with Gasteiger partial charge in [-0.3, -0.25) is 4.79 Å². The first-order chi connectivity index (χ1) is 11.8. The zero-order chi connectivity index (χ0) is 16.4. The summed E-state index contributed by atoms with van der Waals surface area (Å²) in [5, 5.41) is 2.53. The van der Waals surface area contributed by atoms with Crippen molar-refractivity contribution in [2.45, 2.75) is 11.8 Å². The molecule has 116 valence electrons. The van der Waals surface area contributed by atoms with E-state index in [4.69, 9.17) is 0 Å². The molecule has 1 heteroatoms. The fourth-order valence-electron chi connectivity index (χ4n) is 3.66. The molecule has 1 nitrogen and oxygen atoms in total. The van der Waals surface area contributed by atoms with E-state index in [-0.39, 0.29) is 5.41 Å². The molecular weight excluding hydrogens is 292 g/mol. The molecule has 0 heterocycles. The van der Waals surface area contributed by atoms with Crippen molar-refractivity contribution in [3.05, 3.63) is 108 Å². The molecule has 0 spiro atoms. The minimum atomic E-state index is -0.197. The van der Waals surface area contributed by atoms with E-state index in [9.17, 15) is 4.79 Å². The predicted octanol–water partition coefficient (Wildman–Crippen LogP) is 5.45. The lowest BCUT2D eigenvalue weighted by Gasteiger charge is -2.34. The van der Waals surface area contributed by atoms with Crippen LogP contribution < -0.4 is 0 Å². The van der Waals surface area contributed by atoms with Gasteiger partial charge in [-0.25, -0.2) is 0 Å². The summed E-state index contributed by atoms with van der Waals surface area (Å²) in [6.07, 6.45) is 10.5. The number of allylic oxidation sites excluding steroid dienone is 4. The Balaban J connectivity index is 1.98. The van der Waals surface area contributed by atoms with E-state index in [0.717, 1.165) is 12.7 Å². The number of hydrogen-bond acceptors (Lipinski definition) is 1. The second-order valence-corrected chi connectivity index (χ2v) is 6.23. The summed E-state index contributed by atoms with van der Waals surface area (Å²) in [7, 11) is 0. The topological polar surface area (TPSA) is 17.1 Å². The molecule has 24 heavy (non-hydrogen) atoms. The molecule has 3 aromatic carbocycles. The van der Waals surface area contributed by atoms with Crippen LogP contribution in [0.5, 0.6) is 0 Å². The number of benzene rings is 3. The third-order valence-corrected chi connectivity index (χ3v) is 4.90. The third-order valence-electron chi connectivity index (χ3n) is 4.90. The van der Waals surface area contributed by atoms with Gasteiger partial charge < -0.3 is 0 Å². The van der Waals surface area contributed by atoms with Crippen molar-refractivity contribution in [1.29, 1.82) is 0 Å². The monoisotopic (exact) mass is 310 g/mol. The van der Waals surface area contributed by atoms with Crippen LogP contribution in [-0.4, -0.2) is 6.29 Å². The van der Waals surface area contributed by atoms with Crippen LogP contribution in [0.3, 0.4) is 0 Å². The molecule has 0 amide bonds. The number of aldehydes is 1. The van der Waals surface area contributed by atoms with Crippen molar-refractivity contribution >= 4 is 17.1 Å². The Kier molecular flexibility index (Phi) is 3.62. The zero-order valence-electron chi connectivity index (χ0n) is 13.4. The maximum atomic E-state index is 11.0. The van der Waals surface area contributed by atoms with Crippen LogP contribution in [0.25, 0.3) is 10.8 Å². The first-order valence-corrected chi connectivity index (χ1v) is 8.22.